The molecule has 1 aromatic rings. The second kappa shape index (κ2) is 4.12. The van der Waals surface area contributed by atoms with E-state index in [0.717, 1.165) is 19.2 Å². The molecule has 0 aliphatic carbocycles. The van der Waals surface area contributed by atoms with Crippen molar-refractivity contribution in [1.29, 1.82) is 0 Å². The molecular formula is C12H14F3N3. The predicted molar refractivity (Wildman–Crippen MR) is 61.3 cm³/mol. The molecule has 3 nitrogen and oxygen atoms in total. The Morgan fingerprint density at radius 1 is 1.22 bits per heavy atom. The predicted octanol–water partition coefficient (Wildman–Crippen LogP) is 1.76. The topological polar surface area (TPSA) is 28.2 Å². The second-order valence-electron chi connectivity index (χ2n) is 4.96. The summed E-state index contributed by atoms with van der Waals surface area (Å²) in [5, 5.41) is 3.27. The third kappa shape index (κ3) is 1.94. The lowest BCUT2D eigenvalue weighted by Crippen LogP contribution is -2.28. The average Bonchev–Trinajstić information content (AvgIpc) is 2.87. The summed E-state index contributed by atoms with van der Waals surface area (Å²) in [6, 6.07) is 2.44. The molecule has 0 spiro atoms. The van der Waals surface area contributed by atoms with Crippen molar-refractivity contribution in [2.75, 3.05) is 31.1 Å². The summed E-state index contributed by atoms with van der Waals surface area (Å²) in [5.41, 5.74) is -0.627. The summed E-state index contributed by atoms with van der Waals surface area (Å²) in [6.07, 6.45) is -2.91. The first-order valence-electron chi connectivity index (χ1n) is 6.03. The van der Waals surface area contributed by atoms with Gasteiger partial charge in [-0.15, -0.1) is 0 Å². The first kappa shape index (κ1) is 11.8. The van der Waals surface area contributed by atoms with E-state index in [1.54, 1.807) is 4.90 Å². The standard InChI is InChI=1S/C12H14F3N3/c13-12(14,15)10-2-1-3-17-11(10)18-6-8-4-16-5-9(8)7-18/h1-3,8-9,16H,4-7H2/t8-,9+. The number of pyridine rings is 1. The maximum absolute atomic E-state index is 12.9. The summed E-state index contributed by atoms with van der Waals surface area (Å²) >= 11 is 0. The van der Waals surface area contributed by atoms with Crippen LogP contribution in [-0.4, -0.2) is 31.2 Å². The fraction of sp³-hybridized carbons (Fsp3) is 0.583. The summed E-state index contributed by atoms with van der Waals surface area (Å²) in [6.45, 7) is 3.13. The summed E-state index contributed by atoms with van der Waals surface area (Å²) < 4.78 is 38.7. The Morgan fingerprint density at radius 3 is 2.50 bits per heavy atom. The van der Waals surface area contributed by atoms with Crippen LogP contribution >= 0.6 is 0 Å². The molecule has 6 heteroatoms. The summed E-state index contributed by atoms with van der Waals surface area (Å²) in [4.78, 5) is 5.72. The van der Waals surface area contributed by atoms with Crippen molar-refractivity contribution >= 4 is 5.82 Å². The first-order chi connectivity index (χ1) is 8.55. The fourth-order valence-electron chi connectivity index (χ4n) is 2.90. The van der Waals surface area contributed by atoms with Gasteiger partial charge in [-0.3, -0.25) is 0 Å². The van der Waals surface area contributed by atoms with Gasteiger partial charge in [0.2, 0.25) is 0 Å². The molecule has 0 unspecified atom stereocenters. The SMILES string of the molecule is FC(F)(F)c1cccnc1N1C[C@H]2CNC[C@H]2C1. The molecular weight excluding hydrogens is 243 g/mol. The van der Waals surface area contributed by atoms with E-state index in [1.807, 2.05) is 0 Å². The van der Waals surface area contributed by atoms with Crippen LogP contribution in [0.5, 0.6) is 0 Å². The van der Waals surface area contributed by atoms with E-state index in [9.17, 15) is 13.2 Å². The van der Waals surface area contributed by atoms with Gasteiger partial charge in [0.25, 0.3) is 0 Å². The van der Waals surface area contributed by atoms with Gasteiger partial charge in [0.05, 0.1) is 5.56 Å². The minimum Gasteiger partial charge on any atom is -0.355 e. The maximum atomic E-state index is 12.9. The zero-order valence-electron chi connectivity index (χ0n) is 9.74. The molecule has 0 aromatic carbocycles. The molecule has 2 aliphatic rings. The Hall–Kier alpha value is -1.30. The van der Waals surface area contributed by atoms with Crippen LogP contribution < -0.4 is 10.2 Å². The second-order valence-corrected chi connectivity index (χ2v) is 4.96. The Bertz CT molecular complexity index is 434. The van der Waals surface area contributed by atoms with Crippen molar-refractivity contribution < 1.29 is 13.2 Å². The molecule has 98 valence electrons. The van der Waals surface area contributed by atoms with Gasteiger partial charge in [-0.05, 0) is 24.0 Å². The van der Waals surface area contributed by atoms with Gasteiger partial charge < -0.3 is 10.2 Å². The van der Waals surface area contributed by atoms with Gasteiger partial charge in [0, 0.05) is 32.4 Å². The summed E-state index contributed by atoms with van der Waals surface area (Å²) in [5.74, 6) is 0.987. The molecule has 2 aliphatic heterocycles. The molecule has 1 N–H and O–H groups in total. The van der Waals surface area contributed by atoms with E-state index in [4.69, 9.17) is 0 Å². The number of anilines is 1. The highest BCUT2D eigenvalue weighted by Gasteiger charge is 2.41. The quantitative estimate of drug-likeness (QED) is 0.831. The minimum absolute atomic E-state index is 0.0828. The van der Waals surface area contributed by atoms with Crippen molar-refractivity contribution in [3.8, 4) is 0 Å². The smallest absolute Gasteiger partial charge is 0.355 e. The fourth-order valence-corrected chi connectivity index (χ4v) is 2.90. The Labute approximate surface area is 103 Å². The van der Waals surface area contributed by atoms with E-state index in [0.29, 0.717) is 24.9 Å². The van der Waals surface area contributed by atoms with Crippen molar-refractivity contribution in [2.45, 2.75) is 6.18 Å². The van der Waals surface area contributed by atoms with Gasteiger partial charge in [-0.25, -0.2) is 4.98 Å². The largest absolute Gasteiger partial charge is 0.419 e. The maximum Gasteiger partial charge on any atom is 0.419 e. The number of rotatable bonds is 1. The average molecular weight is 257 g/mol. The number of nitrogens with zero attached hydrogens (tertiary/aromatic N) is 2. The van der Waals surface area contributed by atoms with Gasteiger partial charge in [-0.1, -0.05) is 0 Å². The number of hydrogen-bond donors (Lipinski definition) is 1. The molecule has 2 atom stereocenters. The van der Waals surface area contributed by atoms with E-state index < -0.39 is 11.7 Å². The van der Waals surface area contributed by atoms with Crippen molar-refractivity contribution in [2.24, 2.45) is 11.8 Å². The van der Waals surface area contributed by atoms with Crippen LogP contribution in [0, 0.1) is 11.8 Å². The van der Waals surface area contributed by atoms with Crippen molar-refractivity contribution in [3.63, 3.8) is 0 Å². The van der Waals surface area contributed by atoms with Crippen LogP contribution in [0.25, 0.3) is 0 Å². The van der Waals surface area contributed by atoms with Crippen molar-refractivity contribution in [3.05, 3.63) is 23.9 Å². The molecule has 18 heavy (non-hydrogen) atoms. The minimum atomic E-state index is -4.33. The lowest BCUT2D eigenvalue weighted by Gasteiger charge is -2.22. The van der Waals surface area contributed by atoms with Gasteiger partial charge >= 0.3 is 6.18 Å². The van der Waals surface area contributed by atoms with Crippen LogP contribution in [0.3, 0.4) is 0 Å². The lowest BCUT2D eigenvalue weighted by molar-refractivity contribution is -0.137. The lowest BCUT2D eigenvalue weighted by atomic mass is 10.0. The number of aromatic nitrogens is 1. The summed E-state index contributed by atoms with van der Waals surface area (Å²) in [7, 11) is 0. The highest BCUT2D eigenvalue weighted by molar-refractivity contribution is 5.49. The number of hydrogen-bond acceptors (Lipinski definition) is 3. The van der Waals surface area contributed by atoms with Crippen LogP contribution in [0.2, 0.25) is 0 Å². The van der Waals surface area contributed by atoms with Gasteiger partial charge in [0.1, 0.15) is 5.82 Å². The van der Waals surface area contributed by atoms with Crippen LogP contribution in [0.15, 0.2) is 18.3 Å². The molecule has 0 radical (unpaired) electrons. The molecule has 2 saturated heterocycles. The van der Waals surface area contributed by atoms with E-state index in [2.05, 4.69) is 10.3 Å². The number of nitrogens with one attached hydrogen (secondary N) is 1. The molecule has 0 saturated carbocycles. The van der Waals surface area contributed by atoms with Crippen LogP contribution in [0.1, 0.15) is 5.56 Å². The number of alkyl halides is 3. The highest BCUT2D eigenvalue weighted by Crippen LogP contribution is 2.38. The van der Waals surface area contributed by atoms with Crippen LogP contribution in [-0.2, 0) is 6.18 Å². The van der Waals surface area contributed by atoms with E-state index in [-0.39, 0.29) is 5.82 Å². The molecule has 3 rings (SSSR count). The Balaban J connectivity index is 1.89. The van der Waals surface area contributed by atoms with E-state index in [1.165, 1.54) is 12.3 Å². The third-order valence-electron chi connectivity index (χ3n) is 3.78. The first-order valence-corrected chi connectivity index (χ1v) is 6.03. The highest BCUT2D eigenvalue weighted by atomic mass is 19.4. The zero-order chi connectivity index (χ0) is 12.8. The number of halogens is 3. The Kier molecular flexibility index (Phi) is 2.69. The molecule has 0 bridgehead atoms. The molecule has 0 amide bonds. The third-order valence-corrected chi connectivity index (χ3v) is 3.78. The monoisotopic (exact) mass is 257 g/mol. The van der Waals surface area contributed by atoms with Gasteiger partial charge in [-0.2, -0.15) is 13.2 Å². The Morgan fingerprint density at radius 2 is 1.89 bits per heavy atom. The zero-order valence-corrected chi connectivity index (χ0v) is 9.74. The van der Waals surface area contributed by atoms with E-state index >= 15 is 0 Å². The molecule has 3 heterocycles. The normalized spacial score (nSPS) is 27.6. The molecule has 2 fully saturated rings. The molecule has 1 aromatic heterocycles. The van der Waals surface area contributed by atoms with Crippen LogP contribution in [0.4, 0.5) is 19.0 Å². The van der Waals surface area contributed by atoms with Gasteiger partial charge in [0.15, 0.2) is 0 Å². The van der Waals surface area contributed by atoms with Crippen molar-refractivity contribution in [1.82, 2.24) is 10.3 Å². The number of fused-ring (bicyclic) bond motifs is 1.